The first-order chi connectivity index (χ1) is 10.0. The van der Waals surface area contributed by atoms with Crippen molar-refractivity contribution in [3.05, 3.63) is 69.5 Å². The number of hydrogen-bond acceptors (Lipinski definition) is 4. The molecule has 0 fully saturated rings. The highest BCUT2D eigenvalue weighted by Gasteiger charge is 2.18. The highest BCUT2D eigenvalue weighted by atomic mass is 19.1. The minimum Gasteiger partial charge on any atom is -0.365 e. The maximum atomic E-state index is 13.3. The molecule has 2 aromatic carbocycles. The summed E-state index contributed by atoms with van der Waals surface area (Å²) in [7, 11) is 1.64. The molecule has 21 heavy (non-hydrogen) atoms. The Bertz CT molecular complexity index is 725. The molecule has 6 heteroatoms. The first-order valence-corrected chi connectivity index (χ1v) is 6.15. The summed E-state index contributed by atoms with van der Waals surface area (Å²) in [5, 5.41) is 19.9. The van der Waals surface area contributed by atoms with Gasteiger partial charge in [0.1, 0.15) is 11.5 Å². The van der Waals surface area contributed by atoms with Crippen LogP contribution in [-0.2, 0) is 6.54 Å². The molecule has 0 N–H and O–H groups in total. The largest absolute Gasteiger partial charge is 0.365 e. The third-order valence-corrected chi connectivity index (χ3v) is 3.02. The lowest BCUT2D eigenvalue weighted by Crippen LogP contribution is -2.18. The molecular weight excluding hydrogens is 273 g/mol. The van der Waals surface area contributed by atoms with Crippen molar-refractivity contribution in [3.8, 4) is 6.07 Å². The van der Waals surface area contributed by atoms with E-state index in [0.29, 0.717) is 12.1 Å². The van der Waals surface area contributed by atoms with E-state index in [9.17, 15) is 14.5 Å². The number of nitro benzene ring substituents is 1. The molecule has 0 aliphatic heterocycles. The van der Waals surface area contributed by atoms with E-state index in [0.717, 1.165) is 23.8 Å². The molecule has 0 unspecified atom stereocenters. The van der Waals surface area contributed by atoms with Crippen LogP contribution in [0.3, 0.4) is 0 Å². The summed E-state index contributed by atoms with van der Waals surface area (Å²) in [4.78, 5) is 12.0. The number of halogens is 1. The van der Waals surface area contributed by atoms with Gasteiger partial charge >= 0.3 is 0 Å². The molecule has 5 nitrogen and oxygen atoms in total. The quantitative estimate of drug-likeness (QED) is 0.638. The normalized spacial score (nSPS) is 9.95. The molecule has 0 saturated heterocycles. The summed E-state index contributed by atoms with van der Waals surface area (Å²) in [5.41, 5.74) is 1.36. The first kappa shape index (κ1) is 14.5. The van der Waals surface area contributed by atoms with E-state index in [4.69, 9.17) is 5.26 Å². The summed E-state index contributed by atoms with van der Waals surface area (Å²) in [6.45, 7) is 0.333. The Balaban J connectivity index is 2.32. The van der Waals surface area contributed by atoms with E-state index in [1.807, 2.05) is 12.1 Å². The Labute approximate surface area is 121 Å². The highest BCUT2D eigenvalue weighted by Crippen LogP contribution is 2.29. The lowest BCUT2D eigenvalue weighted by Gasteiger charge is -2.19. The standard InChI is InChI=1S/C15H12FN3O2/c1-18(10-12-4-2-3-11(7-12)9-17)15-8-13(16)5-6-14(15)19(20)21/h2-8H,10H2,1H3. The third kappa shape index (κ3) is 3.34. The number of anilines is 1. The number of nitriles is 1. The van der Waals surface area contributed by atoms with Gasteiger partial charge in [-0.05, 0) is 23.8 Å². The van der Waals surface area contributed by atoms with Crippen molar-refractivity contribution in [2.75, 3.05) is 11.9 Å². The number of nitro groups is 1. The fourth-order valence-electron chi connectivity index (χ4n) is 2.05. The smallest absolute Gasteiger partial charge is 0.292 e. The maximum Gasteiger partial charge on any atom is 0.292 e. The lowest BCUT2D eigenvalue weighted by atomic mass is 10.1. The Morgan fingerprint density at radius 3 is 2.76 bits per heavy atom. The van der Waals surface area contributed by atoms with Gasteiger partial charge in [-0.15, -0.1) is 0 Å². The lowest BCUT2D eigenvalue weighted by molar-refractivity contribution is -0.384. The molecule has 106 valence electrons. The van der Waals surface area contributed by atoms with Gasteiger partial charge in [0.15, 0.2) is 0 Å². The first-order valence-electron chi connectivity index (χ1n) is 6.15. The molecule has 0 spiro atoms. The Hall–Kier alpha value is -2.94. The number of rotatable bonds is 4. The topological polar surface area (TPSA) is 70.2 Å². The van der Waals surface area contributed by atoms with Crippen LogP contribution in [0.5, 0.6) is 0 Å². The van der Waals surface area contributed by atoms with Crippen LogP contribution < -0.4 is 4.90 Å². The van der Waals surface area contributed by atoms with Crippen molar-refractivity contribution < 1.29 is 9.31 Å². The molecule has 0 aliphatic carbocycles. The van der Waals surface area contributed by atoms with Crippen LogP contribution in [0.15, 0.2) is 42.5 Å². The van der Waals surface area contributed by atoms with E-state index < -0.39 is 10.7 Å². The number of benzene rings is 2. The van der Waals surface area contributed by atoms with Gasteiger partial charge in [-0.3, -0.25) is 10.1 Å². The molecule has 2 aromatic rings. The number of nitrogens with zero attached hydrogens (tertiary/aromatic N) is 3. The SMILES string of the molecule is CN(Cc1cccc(C#N)c1)c1cc(F)ccc1[N+](=O)[O-]. The predicted octanol–water partition coefficient (Wildman–Crippen LogP) is 3.24. The molecule has 0 heterocycles. The second kappa shape index (κ2) is 6.01. The Kier molecular flexibility index (Phi) is 4.14. The fourth-order valence-corrected chi connectivity index (χ4v) is 2.05. The van der Waals surface area contributed by atoms with Gasteiger partial charge < -0.3 is 4.90 Å². The number of hydrogen-bond donors (Lipinski definition) is 0. The van der Waals surface area contributed by atoms with Gasteiger partial charge in [0, 0.05) is 25.7 Å². The van der Waals surface area contributed by atoms with Crippen LogP contribution in [0, 0.1) is 27.3 Å². The summed E-state index contributed by atoms with van der Waals surface area (Å²) in [5.74, 6) is -0.534. The van der Waals surface area contributed by atoms with Crippen molar-refractivity contribution in [1.29, 1.82) is 5.26 Å². The zero-order valence-electron chi connectivity index (χ0n) is 11.3. The van der Waals surface area contributed by atoms with E-state index in [-0.39, 0.29) is 11.4 Å². The van der Waals surface area contributed by atoms with Gasteiger partial charge in [-0.1, -0.05) is 12.1 Å². The zero-order chi connectivity index (χ0) is 15.4. The third-order valence-electron chi connectivity index (χ3n) is 3.02. The van der Waals surface area contributed by atoms with E-state index in [1.54, 1.807) is 30.1 Å². The molecule has 0 amide bonds. The van der Waals surface area contributed by atoms with Crippen LogP contribution in [-0.4, -0.2) is 12.0 Å². The van der Waals surface area contributed by atoms with Crippen LogP contribution in [0.4, 0.5) is 15.8 Å². The fraction of sp³-hybridized carbons (Fsp3) is 0.133. The summed E-state index contributed by atoms with van der Waals surface area (Å²) >= 11 is 0. The second-order valence-corrected chi connectivity index (χ2v) is 4.56. The van der Waals surface area contributed by atoms with Crippen molar-refractivity contribution >= 4 is 11.4 Å². The average Bonchev–Trinajstić information content (AvgIpc) is 2.47. The van der Waals surface area contributed by atoms with Gasteiger partial charge in [0.25, 0.3) is 5.69 Å². The average molecular weight is 285 g/mol. The maximum absolute atomic E-state index is 13.3. The van der Waals surface area contributed by atoms with E-state index in [2.05, 4.69) is 0 Å². The predicted molar refractivity (Wildman–Crippen MR) is 76.3 cm³/mol. The molecule has 0 aromatic heterocycles. The van der Waals surface area contributed by atoms with Crippen LogP contribution in [0.1, 0.15) is 11.1 Å². The van der Waals surface area contributed by atoms with Crippen molar-refractivity contribution in [2.45, 2.75) is 6.54 Å². The summed E-state index contributed by atoms with van der Waals surface area (Å²) < 4.78 is 13.3. The van der Waals surface area contributed by atoms with Crippen LogP contribution in [0.2, 0.25) is 0 Å². The van der Waals surface area contributed by atoms with E-state index >= 15 is 0 Å². The van der Waals surface area contributed by atoms with E-state index in [1.165, 1.54) is 0 Å². The molecule has 0 bridgehead atoms. The van der Waals surface area contributed by atoms with Crippen molar-refractivity contribution in [3.63, 3.8) is 0 Å². The molecule has 0 saturated carbocycles. The summed E-state index contributed by atoms with van der Waals surface area (Å²) in [6.07, 6.45) is 0. The van der Waals surface area contributed by atoms with Crippen molar-refractivity contribution in [2.24, 2.45) is 0 Å². The monoisotopic (exact) mass is 285 g/mol. The van der Waals surface area contributed by atoms with Crippen molar-refractivity contribution in [1.82, 2.24) is 0 Å². The van der Waals surface area contributed by atoms with Gasteiger partial charge in [-0.2, -0.15) is 5.26 Å². The molecule has 0 radical (unpaired) electrons. The van der Waals surface area contributed by atoms with Gasteiger partial charge in [-0.25, -0.2) is 4.39 Å². The molecular formula is C15H12FN3O2. The molecule has 0 aliphatic rings. The Morgan fingerprint density at radius 2 is 2.10 bits per heavy atom. The molecule has 0 atom stereocenters. The summed E-state index contributed by atoms with van der Waals surface area (Å²) in [6, 6.07) is 12.3. The van der Waals surface area contributed by atoms with Gasteiger partial charge in [0.05, 0.1) is 16.6 Å². The van der Waals surface area contributed by atoms with Crippen LogP contribution >= 0.6 is 0 Å². The van der Waals surface area contributed by atoms with Gasteiger partial charge in [0.2, 0.25) is 0 Å². The molecule has 2 rings (SSSR count). The highest BCUT2D eigenvalue weighted by molar-refractivity contribution is 5.63. The minimum atomic E-state index is -0.545. The minimum absolute atomic E-state index is 0.157. The van der Waals surface area contributed by atoms with Crippen LogP contribution in [0.25, 0.3) is 0 Å². The zero-order valence-corrected chi connectivity index (χ0v) is 11.3. The second-order valence-electron chi connectivity index (χ2n) is 4.56. The Morgan fingerprint density at radius 1 is 1.33 bits per heavy atom.